The van der Waals surface area contributed by atoms with Crippen LogP contribution in [0.2, 0.25) is 0 Å². The van der Waals surface area contributed by atoms with Crippen LogP contribution in [0.4, 0.5) is 0 Å². The van der Waals surface area contributed by atoms with Crippen LogP contribution in [0, 0.1) is 13.8 Å². The monoisotopic (exact) mass is 380 g/mol. The Morgan fingerprint density at radius 1 is 0.963 bits per heavy atom. The molecular formula is C21H20N2O3S. The molecular weight excluding hydrogens is 360 g/mol. The number of aryl methyl sites for hydroxylation is 2. The van der Waals surface area contributed by atoms with Gasteiger partial charge in [-0.2, -0.15) is 0 Å². The number of aromatic nitrogens is 1. The maximum atomic E-state index is 12.7. The molecule has 0 radical (unpaired) electrons. The van der Waals surface area contributed by atoms with E-state index in [1.54, 1.807) is 18.2 Å². The van der Waals surface area contributed by atoms with E-state index in [-0.39, 0.29) is 15.8 Å². The second-order valence-electron chi connectivity index (χ2n) is 6.30. The lowest BCUT2D eigenvalue weighted by molar-refractivity contribution is 0.0950. The number of pyridine rings is 1. The first-order valence-electron chi connectivity index (χ1n) is 8.48. The molecule has 27 heavy (non-hydrogen) atoms. The molecule has 0 aliphatic rings. The smallest absolute Gasteiger partial charge is 0.253 e. The summed E-state index contributed by atoms with van der Waals surface area (Å²) in [4.78, 5) is 16.4. The lowest BCUT2D eigenvalue weighted by atomic mass is 10.1. The van der Waals surface area contributed by atoms with Gasteiger partial charge >= 0.3 is 0 Å². The predicted molar refractivity (Wildman–Crippen MR) is 103 cm³/mol. The van der Waals surface area contributed by atoms with E-state index in [4.69, 9.17) is 0 Å². The zero-order valence-corrected chi connectivity index (χ0v) is 16.0. The van der Waals surface area contributed by atoms with Crippen molar-refractivity contribution in [2.75, 3.05) is 0 Å². The van der Waals surface area contributed by atoms with Crippen molar-refractivity contribution in [2.45, 2.75) is 30.3 Å². The molecule has 0 fully saturated rings. The Balaban J connectivity index is 1.76. The summed E-state index contributed by atoms with van der Waals surface area (Å²) in [5.41, 5.74) is 3.21. The van der Waals surface area contributed by atoms with Gasteiger partial charge in [-0.05, 0) is 54.8 Å². The Morgan fingerprint density at radius 2 is 1.70 bits per heavy atom. The summed E-state index contributed by atoms with van der Waals surface area (Å²) in [6, 6.07) is 17.3. The van der Waals surface area contributed by atoms with Crippen LogP contribution in [-0.4, -0.2) is 19.3 Å². The number of sulfone groups is 1. The topological polar surface area (TPSA) is 76.1 Å². The second kappa shape index (κ2) is 7.72. The van der Waals surface area contributed by atoms with Gasteiger partial charge in [0.15, 0.2) is 5.03 Å². The molecule has 1 aromatic heterocycles. The van der Waals surface area contributed by atoms with Crippen molar-refractivity contribution in [3.05, 3.63) is 89.1 Å². The van der Waals surface area contributed by atoms with Crippen LogP contribution in [0.5, 0.6) is 0 Å². The van der Waals surface area contributed by atoms with Crippen molar-refractivity contribution in [1.29, 1.82) is 0 Å². The Bertz CT molecular complexity index is 1060. The van der Waals surface area contributed by atoms with Crippen LogP contribution in [0.15, 0.2) is 76.8 Å². The summed E-state index contributed by atoms with van der Waals surface area (Å²) in [6.07, 6.45) is 1.29. The zero-order chi connectivity index (χ0) is 19.4. The van der Waals surface area contributed by atoms with Gasteiger partial charge in [0.1, 0.15) is 0 Å². The minimum Gasteiger partial charge on any atom is -0.348 e. The van der Waals surface area contributed by atoms with E-state index in [0.717, 1.165) is 16.7 Å². The molecule has 0 unspecified atom stereocenters. The number of carbonyl (C=O) groups excluding carboxylic acids is 1. The number of hydrogen-bond donors (Lipinski definition) is 1. The molecule has 5 nitrogen and oxygen atoms in total. The van der Waals surface area contributed by atoms with Gasteiger partial charge in [-0.1, -0.05) is 36.4 Å². The Morgan fingerprint density at radius 3 is 2.33 bits per heavy atom. The van der Waals surface area contributed by atoms with Crippen LogP contribution < -0.4 is 5.32 Å². The number of carbonyl (C=O) groups is 1. The third kappa shape index (κ3) is 4.23. The number of nitrogens with one attached hydrogen (secondary N) is 1. The summed E-state index contributed by atoms with van der Waals surface area (Å²) >= 11 is 0. The predicted octanol–water partition coefficient (Wildman–Crippen LogP) is 3.46. The Kier molecular flexibility index (Phi) is 5.37. The van der Waals surface area contributed by atoms with Crippen molar-refractivity contribution < 1.29 is 13.2 Å². The maximum absolute atomic E-state index is 12.7. The number of benzene rings is 2. The molecule has 0 saturated carbocycles. The summed E-state index contributed by atoms with van der Waals surface area (Å²) < 4.78 is 25.5. The fourth-order valence-corrected chi connectivity index (χ4v) is 3.81. The average molecular weight is 380 g/mol. The molecule has 0 aliphatic carbocycles. The van der Waals surface area contributed by atoms with Crippen LogP contribution >= 0.6 is 0 Å². The van der Waals surface area contributed by atoms with Gasteiger partial charge in [0.25, 0.3) is 5.91 Å². The third-order valence-corrected chi connectivity index (χ3v) is 6.03. The fraction of sp³-hybridized carbons (Fsp3) is 0.143. The minimum atomic E-state index is -3.72. The first-order valence-corrected chi connectivity index (χ1v) is 9.97. The Hall–Kier alpha value is -2.99. The van der Waals surface area contributed by atoms with Crippen molar-refractivity contribution >= 4 is 15.7 Å². The van der Waals surface area contributed by atoms with E-state index < -0.39 is 9.84 Å². The SMILES string of the molecule is Cc1ccc(S(=O)(=O)c2ccc(C(=O)NCc3ccccc3)cn2)cc1C. The van der Waals surface area contributed by atoms with E-state index in [0.29, 0.717) is 12.1 Å². The van der Waals surface area contributed by atoms with Gasteiger partial charge in [0.2, 0.25) is 9.84 Å². The molecule has 1 amide bonds. The maximum Gasteiger partial charge on any atom is 0.253 e. The quantitative estimate of drug-likeness (QED) is 0.735. The fourth-order valence-electron chi connectivity index (χ4n) is 2.56. The molecule has 2 aromatic carbocycles. The first kappa shape index (κ1) is 18.8. The van der Waals surface area contributed by atoms with Crippen molar-refractivity contribution in [1.82, 2.24) is 10.3 Å². The number of rotatable bonds is 5. The van der Waals surface area contributed by atoms with Crippen molar-refractivity contribution in [3.63, 3.8) is 0 Å². The number of amides is 1. The molecule has 0 saturated heterocycles. The van der Waals surface area contributed by atoms with Crippen molar-refractivity contribution in [3.8, 4) is 0 Å². The van der Waals surface area contributed by atoms with E-state index >= 15 is 0 Å². The molecule has 0 atom stereocenters. The van der Waals surface area contributed by atoms with Crippen molar-refractivity contribution in [2.24, 2.45) is 0 Å². The van der Waals surface area contributed by atoms with E-state index in [2.05, 4.69) is 10.3 Å². The van der Waals surface area contributed by atoms with Crippen LogP contribution in [0.3, 0.4) is 0 Å². The normalized spacial score (nSPS) is 11.2. The molecule has 1 heterocycles. The Labute approximate surface area is 159 Å². The molecule has 0 bridgehead atoms. The largest absolute Gasteiger partial charge is 0.348 e. The van der Waals surface area contributed by atoms with E-state index in [9.17, 15) is 13.2 Å². The molecule has 1 N–H and O–H groups in total. The first-order chi connectivity index (χ1) is 12.9. The van der Waals surface area contributed by atoms with Gasteiger partial charge in [-0.15, -0.1) is 0 Å². The van der Waals surface area contributed by atoms with Gasteiger partial charge in [-0.3, -0.25) is 4.79 Å². The highest BCUT2D eigenvalue weighted by atomic mass is 32.2. The lowest BCUT2D eigenvalue weighted by Gasteiger charge is -2.08. The lowest BCUT2D eigenvalue weighted by Crippen LogP contribution is -2.23. The number of nitrogens with zero attached hydrogens (tertiary/aromatic N) is 1. The van der Waals surface area contributed by atoms with E-state index in [1.807, 2.05) is 44.2 Å². The highest BCUT2D eigenvalue weighted by molar-refractivity contribution is 7.91. The van der Waals surface area contributed by atoms with Gasteiger partial charge in [0.05, 0.1) is 10.5 Å². The van der Waals surface area contributed by atoms with Crippen LogP contribution in [-0.2, 0) is 16.4 Å². The summed E-state index contributed by atoms with van der Waals surface area (Å²) in [5.74, 6) is -0.304. The molecule has 138 valence electrons. The highest BCUT2D eigenvalue weighted by Gasteiger charge is 2.20. The number of hydrogen-bond acceptors (Lipinski definition) is 4. The molecule has 3 aromatic rings. The van der Waals surface area contributed by atoms with Gasteiger partial charge < -0.3 is 5.32 Å². The average Bonchev–Trinajstić information content (AvgIpc) is 2.69. The minimum absolute atomic E-state index is 0.0784. The molecule has 0 aliphatic heterocycles. The van der Waals surface area contributed by atoms with E-state index in [1.165, 1.54) is 18.3 Å². The third-order valence-electron chi connectivity index (χ3n) is 4.36. The summed E-state index contributed by atoms with van der Waals surface area (Å²) in [5, 5.41) is 2.71. The zero-order valence-electron chi connectivity index (χ0n) is 15.1. The summed E-state index contributed by atoms with van der Waals surface area (Å²) in [6.45, 7) is 4.18. The molecule has 3 rings (SSSR count). The van der Waals surface area contributed by atoms with Gasteiger partial charge in [0, 0.05) is 12.7 Å². The standard InChI is InChI=1S/C21H20N2O3S/c1-15-8-10-19(12-16(15)2)27(25,26)20-11-9-18(14-22-20)21(24)23-13-17-6-4-3-5-7-17/h3-12,14H,13H2,1-2H3,(H,23,24). The molecule has 0 spiro atoms. The highest BCUT2D eigenvalue weighted by Crippen LogP contribution is 2.21. The van der Waals surface area contributed by atoms with Crippen LogP contribution in [0.25, 0.3) is 0 Å². The summed E-state index contributed by atoms with van der Waals surface area (Å²) in [7, 11) is -3.72. The molecule has 6 heteroatoms. The second-order valence-corrected chi connectivity index (χ2v) is 8.20. The van der Waals surface area contributed by atoms with Crippen LogP contribution in [0.1, 0.15) is 27.0 Å². The van der Waals surface area contributed by atoms with Gasteiger partial charge in [-0.25, -0.2) is 13.4 Å².